The second kappa shape index (κ2) is 8.75. The molecule has 1 aromatic heterocycles. The lowest BCUT2D eigenvalue weighted by Gasteiger charge is -2.05. The van der Waals surface area contributed by atoms with Gasteiger partial charge in [-0.15, -0.1) is 0 Å². The summed E-state index contributed by atoms with van der Waals surface area (Å²) in [5, 5.41) is 4.46. The molecule has 2 aromatic carbocycles. The smallest absolute Gasteiger partial charge is 0.266 e. The summed E-state index contributed by atoms with van der Waals surface area (Å²) in [4.78, 5) is 12.5. The highest BCUT2D eigenvalue weighted by Gasteiger charge is 2.29. The lowest BCUT2D eigenvalue weighted by molar-refractivity contribution is -0.690. The first-order chi connectivity index (χ1) is 13.0. The van der Waals surface area contributed by atoms with Crippen molar-refractivity contribution in [3.05, 3.63) is 69.6 Å². The zero-order chi connectivity index (χ0) is 19.0. The predicted octanol–water partition coefficient (Wildman–Crippen LogP) is 1.99. The topological polar surface area (TPSA) is 37.9 Å². The fraction of sp³-hybridized carbons (Fsp3) is 0.200. The van der Waals surface area contributed by atoms with Crippen LogP contribution in [0.1, 0.15) is 12.2 Å². The highest BCUT2D eigenvalue weighted by Crippen LogP contribution is 2.27. The molecule has 1 amide bonds. The Morgan fingerprint density at radius 3 is 2.54 bits per heavy atom. The minimum Gasteiger partial charge on any atom is -1.00 e. The second-order valence-corrected chi connectivity index (χ2v) is 7.75. The van der Waals surface area contributed by atoms with E-state index in [4.69, 9.17) is 34.8 Å². The van der Waals surface area contributed by atoms with Crippen LogP contribution in [0.4, 0.5) is 5.69 Å². The number of hydrogen-bond donors (Lipinski definition) is 1. The van der Waals surface area contributed by atoms with Crippen molar-refractivity contribution in [3.8, 4) is 11.3 Å². The van der Waals surface area contributed by atoms with E-state index in [1.807, 2.05) is 35.0 Å². The second-order valence-electron chi connectivity index (χ2n) is 6.50. The van der Waals surface area contributed by atoms with Crippen LogP contribution >= 0.6 is 34.8 Å². The zero-order valence-electron chi connectivity index (χ0n) is 14.8. The summed E-state index contributed by atoms with van der Waals surface area (Å²) in [6.45, 7) is 1.19. The third kappa shape index (κ3) is 4.31. The molecule has 1 aliphatic heterocycles. The Bertz CT molecular complexity index is 1020. The van der Waals surface area contributed by atoms with Gasteiger partial charge < -0.3 is 17.7 Å². The number of hydrogen-bond acceptors (Lipinski definition) is 1. The number of halogens is 4. The largest absolute Gasteiger partial charge is 1.00 e. The number of aromatic nitrogens is 2. The molecule has 0 aliphatic carbocycles. The van der Waals surface area contributed by atoms with Crippen molar-refractivity contribution in [1.29, 1.82) is 0 Å². The molecule has 0 unspecified atom stereocenters. The van der Waals surface area contributed by atoms with E-state index in [0.29, 0.717) is 20.8 Å². The van der Waals surface area contributed by atoms with Crippen molar-refractivity contribution in [3.63, 3.8) is 0 Å². The SMILES string of the molecule is O=C(C[n+]1cc(-c2ccc(Cl)cc2)n2c1CCC2)Nc1ccc(Cl)c(Cl)c1.[Cl-]. The predicted molar refractivity (Wildman–Crippen MR) is 108 cm³/mol. The van der Waals surface area contributed by atoms with Crippen molar-refractivity contribution < 1.29 is 21.8 Å². The van der Waals surface area contributed by atoms with Gasteiger partial charge in [0.05, 0.1) is 23.0 Å². The van der Waals surface area contributed by atoms with Crippen LogP contribution in [0.25, 0.3) is 11.3 Å². The summed E-state index contributed by atoms with van der Waals surface area (Å²) in [7, 11) is 0. The first-order valence-electron chi connectivity index (χ1n) is 8.64. The molecular formula is C20H17Cl4N3O. The Labute approximate surface area is 184 Å². The summed E-state index contributed by atoms with van der Waals surface area (Å²) < 4.78 is 4.29. The number of benzene rings is 2. The van der Waals surface area contributed by atoms with Gasteiger partial charge in [0.15, 0.2) is 12.2 Å². The van der Waals surface area contributed by atoms with Gasteiger partial charge in [-0.05, 0) is 48.9 Å². The maximum atomic E-state index is 12.5. The van der Waals surface area contributed by atoms with Crippen LogP contribution in [-0.4, -0.2) is 10.5 Å². The van der Waals surface area contributed by atoms with E-state index in [0.717, 1.165) is 36.5 Å². The minimum absolute atomic E-state index is 0. The number of carbonyl (C=O) groups is 1. The van der Waals surface area contributed by atoms with Crippen LogP contribution in [0, 0.1) is 0 Å². The van der Waals surface area contributed by atoms with Gasteiger partial charge in [0.1, 0.15) is 6.20 Å². The van der Waals surface area contributed by atoms with E-state index < -0.39 is 0 Å². The molecule has 146 valence electrons. The monoisotopic (exact) mass is 455 g/mol. The number of imidazole rings is 1. The van der Waals surface area contributed by atoms with Crippen LogP contribution in [-0.2, 0) is 24.3 Å². The van der Waals surface area contributed by atoms with E-state index in [-0.39, 0.29) is 24.9 Å². The Morgan fingerprint density at radius 2 is 1.82 bits per heavy atom. The molecule has 4 nitrogen and oxygen atoms in total. The van der Waals surface area contributed by atoms with E-state index in [9.17, 15) is 4.79 Å². The molecule has 2 heterocycles. The summed E-state index contributed by atoms with van der Waals surface area (Å²) in [6.07, 6.45) is 4.06. The van der Waals surface area contributed by atoms with Crippen molar-refractivity contribution in [2.45, 2.75) is 25.9 Å². The summed E-state index contributed by atoms with van der Waals surface area (Å²) in [5.41, 5.74) is 2.82. The van der Waals surface area contributed by atoms with Gasteiger partial charge in [-0.3, -0.25) is 4.79 Å². The third-order valence-electron chi connectivity index (χ3n) is 4.65. The molecule has 1 N–H and O–H groups in total. The highest BCUT2D eigenvalue weighted by molar-refractivity contribution is 6.42. The Hall–Kier alpha value is -1.72. The molecule has 0 saturated heterocycles. The molecule has 1 aliphatic rings. The average molecular weight is 457 g/mol. The minimum atomic E-state index is -0.110. The molecule has 0 fully saturated rings. The van der Waals surface area contributed by atoms with Crippen LogP contribution in [0.3, 0.4) is 0 Å². The number of amides is 1. The highest BCUT2D eigenvalue weighted by atomic mass is 35.5. The van der Waals surface area contributed by atoms with Crippen molar-refractivity contribution in [2.75, 3.05) is 5.32 Å². The number of nitrogens with zero attached hydrogens (tertiary/aromatic N) is 2. The maximum Gasteiger partial charge on any atom is 0.266 e. The zero-order valence-corrected chi connectivity index (χ0v) is 17.8. The van der Waals surface area contributed by atoms with E-state index >= 15 is 0 Å². The Kier molecular flexibility index (Phi) is 6.56. The fourth-order valence-corrected chi connectivity index (χ4v) is 3.85. The third-order valence-corrected chi connectivity index (χ3v) is 5.64. The molecular weight excluding hydrogens is 440 g/mol. The van der Waals surface area contributed by atoms with E-state index in [1.54, 1.807) is 18.2 Å². The van der Waals surface area contributed by atoms with Gasteiger partial charge in [-0.1, -0.05) is 34.8 Å². The number of carbonyl (C=O) groups excluding carboxylic acids is 1. The fourth-order valence-electron chi connectivity index (χ4n) is 3.43. The molecule has 8 heteroatoms. The molecule has 3 aromatic rings. The first-order valence-corrected chi connectivity index (χ1v) is 9.77. The van der Waals surface area contributed by atoms with Gasteiger partial charge in [0.2, 0.25) is 0 Å². The van der Waals surface area contributed by atoms with Gasteiger partial charge in [0.25, 0.3) is 11.7 Å². The molecule has 0 bridgehead atoms. The van der Waals surface area contributed by atoms with E-state index in [2.05, 4.69) is 9.88 Å². The lowest BCUT2D eigenvalue weighted by atomic mass is 10.2. The van der Waals surface area contributed by atoms with Crippen LogP contribution < -0.4 is 22.3 Å². The molecule has 4 rings (SSSR count). The first kappa shape index (κ1) is 21.0. The normalized spacial score (nSPS) is 12.4. The van der Waals surface area contributed by atoms with Gasteiger partial charge in [-0.2, -0.15) is 0 Å². The molecule has 0 radical (unpaired) electrons. The van der Waals surface area contributed by atoms with Gasteiger partial charge in [0, 0.05) is 16.3 Å². The number of anilines is 1. The van der Waals surface area contributed by atoms with Crippen LogP contribution in [0.5, 0.6) is 0 Å². The van der Waals surface area contributed by atoms with E-state index in [1.165, 1.54) is 0 Å². The molecule has 28 heavy (non-hydrogen) atoms. The molecule has 0 spiro atoms. The summed E-state index contributed by atoms with van der Waals surface area (Å²) >= 11 is 17.9. The van der Waals surface area contributed by atoms with Crippen molar-refractivity contribution in [2.24, 2.45) is 0 Å². The van der Waals surface area contributed by atoms with Crippen molar-refractivity contribution >= 4 is 46.4 Å². The molecule has 0 saturated carbocycles. The van der Waals surface area contributed by atoms with Gasteiger partial charge in [-0.25, -0.2) is 9.13 Å². The molecule has 0 atom stereocenters. The summed E-state index contributed by atoms with van der Waals surface area (Å²) in [5.74, 6) is 1.05. The maximum absolute atomic E-state index is 12.5. The standard InChI is InChI=1S/C20H16Cl3N3O.ClH/c21-14-5-3-13(4-6-14)18-11-25(20-2-1-9-26(18)20)12-19(27)24-15-7-8-16(22)17(23)10-15;/h3-8,10-11H,1-2,9,12H2;1H. The number of fused-ring (bicyclic) bond motifs is 1. The quantitative estimate of drug-likeness (QED) is 0.599. The van der Waals surface area contributed by atoms with Crippen LogP contribution in [0.2, 0.25) is 15.1 Å². The summed E-state index contributed by atoms with van der Waals surface area (Å²) in [6, 6.07) is 12.8. The van der Waals surface area contributed by atoms with Crippen LogP contribution in [0.15, 0.2) is 48.7 Å². The lowest BCUT2D eigenvalue weighted by Crippen LogP contribution is -3.00. The number of nitrogens with one attached hydrogen (secondary N) is 1. The Morgan fingerprint density at radius 1 is 1.07 bits per heavy atom. The average Bonchev–Trinajstić information content (AvgIpc) is 3.23. The van der Waals surface area contributed by atoms with Crippen molar-refractivity contribution in [1.82, 2.24) is 4.57 Å². The van der Waals surface area contributed by atoms with Gasteiger partial charge >= 0.3 is 0 Å². The number of rotatable bonds is 4. The Balaban J connectivity index is 0.00000225.